The number of hydrogen-bond acceptors (Lipinski definition) is 2. The van der Waals surface area contributed by atoms with Crippen molar-refractivity contribution >= 4 is 29.0 Å². The van der Waals surface area contributed by atoms with Gasteiger partial charge in [0.2, 0.25) is 0 Å². The molecule has 0 aliphatic heterocycles. The molecular weight excluding hydrogens is 281 g/mol. The van der Waals surface area contributed by atoms with E-state index < -0.39 is 0 Å². The molecule has 2 aromatic rings. The van der Waals surface area contributed by atoms with Crippen molar-refractivity contribution in [1.29, 1.82) is 0 Å². The molecule has 0 atom stereocenters. The molecule has 4 heteroatoms. The quantitative estimate of drug-likeness (QED) is 0.873. The zero-order valence-electron chi connectivity index (χ0n) is 10.2. The van der Waals surface area contributed by atoms with Gasteiger partial charge in [-0.05, 0) is 30.7 Å². The zero-order chi connectivity index (χ0) is 13.8. The summed E-state index contributed by atoms with van der Waals surface area (Å²) in [6.07, 6.45) is 0.798. The highest BCUT2D eigenvalue weighted by molar-refractivity contribution is 6.44. The van der Waals surface area contributed by atoms with Crippen LogP contribution < -0.4 is 5.73 Å². The second-order valence-electron chi connectivity index (χ2n) is 4.17. The van der Waals surface area contributed by atoms with Crippen molar-refractivity contribution in [3.63, 3.8) is 0 Å². The standard InChI is InChI=1S/C15H13Cl2NO/c16-13-3-1-2-12(14(13)17)15(19)11-6-4-10(5-7-11)8-9-18/h1-7H,8-9,18H2. The van der Waals surface area contributed by atoms with Crippen LogP contribution in [-0.2, 0) is 6.42 Å². The van der Waals surface area contributed by atoms with E-state index in [2.05, 4.69) is 0 Å². The number of ketones is 1. The molecule has 0 aliphatic rings. The molecule has 0 aliphatic carbocycles. The van der Waals surface area contributed by atoms with Gasteiger partial charge >= 0.3 is 0 Å². The van der Waals surface area contributed by atoms with Crippen molar-refractivity contribution in [1.82, 2.24) is 0 Å². The lowest BCUT2D eigenvalue weighted by atomic mass is 10.0. The Labute approximate surface area is 122 Å². The predicted octanol–water partition coefficient (Wildman–Crippen LogP) is 3.73. The van der Waals surface area contributed by atoms with Crippen LogP contribution in [-0.4, -0.2) is 12.3 Å². The largest absolute Gasteiger partial charge is 0.330 e. The fraction of sp³-hybridized carbons (Fsp3) is 0.133. The number of rotatable bonds is 4. The Morgan fingerprint density at radius 1 is 1.05 bits per heavy atom. The number of carbonyl (C=O) groups is 1. The van der Waals surface area contributed by atoms with Crippen LogP contribution >= 0.6 is 23.2 Å². The van der Waals surface area contributed by atoms with E-state index in [0.717, 1.165) is 12.0 Å². The van der Waals surface area contributed by atoms with Gasteiger partial charge in [0, 0.05) is 11.1 Å². The molecule has 0 radical (unpaired) electrons. The van der Waals surface area contributed by atoms with Crippen LogP contribution in [0.15, 0.2) is 42.5 Å². The second kappa shape index (κ2) is 6.20. The summed E-state index contributed by atoms with van der Waals surface area (Å²) >= 11 is 12.0. The van der Waals surface area contributed by atoms with Crippen molar-refractivity contribution in [2.24, 2.45) is 5.73 Å². The summed E-state index contributed by atoms with van der Waals surface area (Å²) in [7, 11) is 0. The first-order chi connectivity index (χ1) is 9.13. The number of nitrogens with two attached hydrogens (primary N) is 1. The number of halogens is 2. The SMILES string of the molecule is NCCc1ccc(C(=O)c2cccc(Cl)c2Cl)cc1. The predicted molar refractivity (Wildman–Crippen MR) is 79.1 cm³/mol. The maximum atomic E-state index is 12.3. The van der Waals surface area contributed by atoms with E-state index in [0.29, 0.717) is 27.7 Å². The molecule has 19 heavy (non-hydrogen) atoms. The fourth-order valence-electron chi connectivity index (χ4n) is 1.82. The third kappa shape index (κ3) is 3.16. The van der Waals surface area contributed by atoms with E-state index >= 15 is 0 Å². The third-order valence-electron chi connectivity index (χ3n) is 2.85. The van der Waals surface area contributed by atoms with Crippen molar-refractivity contribution in [3.05, 3.63) is 69.2 Å². The number of carbonyl (C=O) groups excluding carboxylic acids is 1. The highest BCUT2D eigenvalue weighted by atomic mass is 35.5. The molecule has 2 N–H and O–H groups in total. The lowest BCUT2D eigenvalue weighted by molar-refractivity contribution is 0.103. The van der Waals surface area contributed by atoms with Crippen LogP contribution in [0.3, 0.4) is 0 Å². The van der Waals surface area contributed by atoms with Crippen LogP contribution in [0.1, 0.15) is 21.5 Å². The summed E-state index contributed by atoms with van der Waals surface area (Å²) in [6, 6.07) is 12.4. The molecule has 0 unspecified atom stereocenters. The smallest absolute Gasteiger partial charge is 0.194 e. The average Bonchev–Trinajstić information content (AvgIpc) is 2.42. The molecular formula is C15H13Cl2NO. The first-order valence-electron chi connectivity index (χ1n) is 5.91. The van der Waals surface area contributed by atoms with Gasteiger partial charge in [-0.15, -0.1) is 0 Å². The summed E-state index contributed by atoms with van der Waals surface area (Å²) in [6.45, 7) is 0.591. The molecule has 2 nitrogen and oxygen atoms in total. The maximum absolute atomic E-state index is 12.3. The molecule has 0 saturated carbocycles. The Morgan fingerprint density at radius 2 is 1.74 bits per heavy atom. The first-order valence-corrected chi connectivity index (χ1v) is 6.67. The lowest BCUT2D eigenvalue weighted by Crippen LogP contribution is -2.05. The van der Waals surface area contributed by atoms with Gasteiger partial charge in [-0.2, -0.15) is 0 Å². The third-order valence-corrected chi connectivity index (χ3v) is 3.66. The Hall–Kier alpha value is -1.35. The summed E-state index contributed by atoms with van der Waals surface area (Å²) < 4.78 is 0. The van der Waals surface area contributed by atoms with Crippen molar-refractivity contribution in [2.75, 3.05) is 6.54 Å². The van der Waals surface area contributed by atoms with Gasteiger partial charge in [0.25, 0.3) is 0 Å². The van der Waals surface area contributed by atoms with E-state index in [1.807, 2.05) is 12.1 Å². The second-order valence-corrected chi connectivity index (χ2v) is 4.95. The monoisotopic (exact) mass is 293 g/mol. The lowest BCUT2D eigenvalue weighted by Gasteiger charge is -2.06. The van der Waals surface area contributed by atoms with Gasteiger partial charge in [0.05, 0.1) is 10.0 Å². The van der Waals surface area contributed by atoms with Gasteiger partial charge in [-0.25, -0.2) is 0 Å². The fourth-order valence-corrected chi connectivity index (χ4v) is 2.21. The molecule has 0 aromatic heterocycles. The minimum absolute atomic E-state index is 0.133. The minimum atomic E-state index is -0.133. The van der Waals surface area contributed by atoms with Gasteiger partial charge in [-0.1, -0.05) is 53.5 Å². The first kappa shape index (κ1) is 14.1. The molecule has 0 spiro atoms. The van der Waals surface area contributed by atoms with E-state index in [9.17, 15) is 4.79 Å². The summed E-state index contributed by atoms with van der Waals surface area (Å²) in [5.41, 5.74) is 7.60. The molecule has 0 amide bonds. The Morgan fingerprint density at radius 3 is 2.37 bits per heavy atom. The molecule has 0 saturated heterocycles. The molecule has 0 bridgehead atoms. The molecule has 2 rings (SSSR count). The summed E-state index contributed by atoms with van der Waals surface area (Å²) in [4.78, 5) is 12.3. The molecule has 0 fully saturated rings. The Bertz CT molecular complexity index is 594. The van der Waals surface area contributed by atoms with E-state index in [-0.39, 0.29) is 5.78 Å². The van der Waals surface area contributed by atoms with Crippen LogP contribution in [0, 0.1) is 0 Å². The summed E-state index contributed by atoms with van der Waals surface area (Å²) in [5.74, 6) is -0.133. The molecule has 2 aromatic carbocycles. The Balaban J connectivity index is 2.31. The Kier molecular flexibility index (Phi) is 4.59. The van der Waals surface area contributed by atoms with Gasteiger partial charge in [0.1, 0.15) is 0 Å². The molecule has 98 valence electrons. The topological polar surface area (TPSA) is 43.1 Å². The van der Waals surface area contributed by atoms with Crippen molar-refractivity contribution in [3.8, 4) is 0 Å². The maximum Gasteiger partial charge on any atom is 0.194 e. The van der Waals surface area contributed by atoms with Crippen LogP contribution in [0.4, 0.5) is 0 Å². The van der Waals surface area contributed by atoms with Gasteiger partial charge in [0.15, 0.2) is 5.78 Å². The van der Waals surface area contributed by atoms with Gasteiger partial charge in [-0.3, -0.25) is 4.79 Å². The number of benzene rings is 2. The zero-order valence-corrected chi connectivity index (χ0v) is 11.7. The summed E-state index contributed by atoms with van der Waals surface area (Å²) in [5, 5.41) is 0.674. The van der Waals surface area contributed by atoms with Crippen molar-refractivity contribution in [2.45, 2.75) is 6.42 Å². The highest BCUT2D eigenvalue weighted by Gasteiger charge is 2.14. The van der Waals surface area contributed by atoms with E-state index in [1.54, 1.807) is 30.3 Å². The normalized spacial score (nSPS) is 10.5. The minimum Gasteiger partial charge on any atom is -0.330 e. The van der Waals surface area contributed by atoms with Crippen LogP contribution in [0.5, 0.6) is 0 Å². The van der Waals surface area contributed by atoms with Crippen LogP contribution in [0.25, 0.3) is 0 Å². The average molecular weight is 294 g/mol. The van der Waals surface area contributed by atoms with E-state index in [1.165, 1.54) is 0 Å². The van der Waals surface area contributed by atoms with E-state index in [4.69, 9.17) is 28.9 Å². The van der Waals surface area contributed by atoms with Crippen LogP contribution in [0.2, 0.25) is 10.0 Å². The number of hydrogen-bond donors (Lipinski definition) is 1. The van der Waals surface area contributed by atoms with Gasteiger partial charge < -0.3 is 5.73 Å². The van der Waals surface area contributed by atoms with Crippen molar-refractivity contribution < 1.29 is 4.79 Å². The molecule has 0 heterocycles. The highest BCUT2D eigenvalue weighted by Crippen LogP contribution is 2.27.